The Morgan fingerprint density at radius 3 is 2.38 bits per heavy atom. The van der Waals surface area contributed by atoms with E-state index in [0.717, 1.165) is 21.0 Å². The number of benzene rings is 2. The molecule has 2 aromatic rings. The van der Waals surface area contributed by atoms with Crippen LogP contribution in [-0.4, -0.2) is 49.4 Å². The smallest absolute Gasteiger partial charge is 0.247 e. The second-order valence-corrected chi connectivity index (χ2v) is 9.14. The van der Waals surface area contributed by atoms with E-state index in [1.165, 1.54) is 25.1 Å². The monoisotopic (exact) mass is 419 g/mol. The van der Waals surface area contributed by atoms with Crippen LogP contribution >= 0.6 is 0 Å². The van der Waals surface area contributed by atoms with Crippen molar-refractivity contribution in [2.45, 2.75) is 19.0 Å². The lowest BCUT2D eigenvalue weighted by Crippen LogP contribution is -2.70. The molecule has 2 amide bonds. The van der Waals surface area contributed by atoms with Crippen molar-refractivity contribution >= 4 is 27.5 Å². The third-order valence-corrected chi connectivity index (χ3v) is 6.08. The molecule has 1 aliphatic heterocycles. The maximum Gasteiger partial charge on any atom is 0.247 e. The van der Waals surface area contributed by atoms with Gasteiger partial charge in [0, 0.05) is 13.1 Å². The number of sulfonamides is 1. The number of carbonyl (C=O) groups excluding carboxylic acids is 2. The Morgan fingerprint density at radius 1 is 1.14 bits per heavy atom. The highest BCUT2D eigenvalue weighted by Gasteiger charge is 2.50. The number of amides is 2. The van der Waals surface area contributed by atoms with Crippen molar-refractivity contribution in [1.29, 1.82) is 0 Å². The molecule has 1 heterocycles. The van der Waals surface area contributed by atoms with E-state index in [4.69, 9.17) is 0 Å². The van der Waals surface area contributed by atoms with Gasteiger partial charge in [-0.15, -0.1) is 0 Å². The number of halogens is 1. The number of piperazine rings is 1. The standard InChI is InChI=1S/C20H22FN3O4S/c1-20(19(26)22-12-15-8-4-3-5-9-15)14-23(29(2,27)28)13-18(25)24(20)17-11-7-6-10-16(17)21/h3-11H,12-14H2,1-2H3,(H,22,26). The molecule has 2 aromatic carbocycles. The van der Waals surface area contributed by atoms with E-state index in [9.17, 15) is 22.4 Å². The summed E-state index contributed by atoms with van der Waals surface area (Å²) >= 11 is 0. The van der Waals surface area contributed by atoms with Gasteiger partial charge in [-0.25, -0.2) is 12.8 Å². The fourth-order valence-corrected chi connectivity index (χ4v) is 4.21. The molecule has 154 valence electrons. The van der Waals surface area contributed by atoms with E-state index in [-0.39, 0.29) is 18.8 Å². The Kier molecular flexibility index (Phi) is 5.72. The van der Waals surface area contributed by atoms with E-state index in [2.05, 4.69) is 5.32 Å². The largest absolute Gasteiger partial charge is 0.350 e. The van der Waals surface area contributed by atoms with Gasteiger partial charge >= 0.3 is 0 Å². The molecule has 0 aliphatic carbocycles. The lowest BCUT2D eigenvalue weighted by Gasteiger charge is -2.46. The van der Waals surface area contributed by atoms with Crippen LogP contribution in [0.2, 0.25) is 0 Å². The summed E-state index contributed by atoms with van der Waals surface area (Å²) in [6.07, 6.45) is 0.974. The molecule has 1 aliphatic rings. The Labute approximate surface area is 169 Å². The lowest BCUT2D eigenvalue weighted by molar-refractivity contribution is -0.133. The van der Waals surface area contributed by atoms with E-state index < -0.39 is 39.7 Å². The molecule has 1 fully saturated rings. The minimum absolute atomic E-state index is 0.0667. The van der Waals surface area contributed by atoms with Crippen molar-refractivity contribution in [2.24, 2.45) is 0 Å². The number of para-hydroxylation sites is 1. The predicted molar refractivity (Wildman–Crippen MR) is 107 cm³/mol. The number of nitrogens with one attached hydrogen (secondary N) is 1. The molecule has 0 saturated carbocycles. The average Bonchev–Trinajstić information content (AvgIpc) is 2.67. The molecule has 0 spiro atoms. The number of rotatable bonds is 5. The normalized spacial score (nSPS) is 20.5. The van der Waals surface area contributed by atoms with E-state index in [1.54, 1.807) is 6.07 Å². The Bertz CT molecular complexity index is 1030. The highest BCUT2D eigenvalue weighted by atomic mass is 32.2. The van der Waals surface area contributed by atoms with E-state index in [0.29, 0.717) is 0 Å². The minimum Gasteiger partial charge on any atom is -0.350 e. The molecule has 1 atom stereocenters. The molecule has 7 nitrogen and oxygen atoms in total. The summed E-state index contributed by atoms with van der Waals surface area (Å²) in [6.45, 7) is 0.879. The Hall–Kier alpha value is -2.78. The number of hydrogen-bond acceptors (Lipinski definition) is 4. The van der Waals surface area contributed by atoms with Crippen molar-refractivity contribution in [3.63, 3.8) is 0 Å². The molecule has 1 saturated heterocycles. The van der Waals surface area contributed by atoms with E-state index >= 15 is 0 Å². The van der Waals surface area contributed by atoms with Gasteiger partial charge in [0.15, 0.2) is 0 Å². The SMILES string of the molecule is CC1(C(=O)NCc2ccccc2)CN(S(C)(=O)=O)CC(=O)N1c1ccccc1F. The third kappa shape index (κ3) is 4.30. The molecular weight excluding hydrogens is 397 g/mol. The molecule has 1 N–H and O–H groups in total. The van der Waals surface area contributed by atoms with Crippen molar-refractivity contribution in [3.8, 4) is 0 Å². The molecule has 0 radical (unpaired) electrons. The minimum atomic E-state index is -3.73. The summed E-state index contributed by atoms with van der Waals surface area (Å²) in [6, 6.07) is 14.8. The quantitative estimate of drug-likeness (QED) is 0.796. The third-order valence-electron chi connectivity index (χ3n) is 4.89. The van der Waals surface area contributed by atoms with Crippen molar-refractivity contribution in [1.82, 2.24) is 9.62 Å². The molecule has 29 heavy (non-hydrogen) atoms. The van der Waals surface area contributed by atoms with Gasteiger partial charge < -0.3 is 5.32 Å². The molecule has 1 unspecified atom stereocenters. The summed E-state index contributed by atoms with van der Waals surface area (Å²) < 4.78 is 39.6. The van der Waals surface area contributed by atoms with Crippen LogP contribution < -0.4 is 10.2 Å². The first-order valence-electron chi connectivity index (χ1n) is 8.98. The van der Waals surface area contributed by atoms with Crippen LogP contribution in [0.25, 0.3) is 0 Å². The number of carbonyl (C=O) groups is 2. The maximum atomic E-state index is 14.5. The van der Waals surface area contributed by atoms with Crippen molar-refractivity contribution in [2.75, 3.05) is 24.2 Å². The second-order valence-electron chi connectivity index (χ2n) is 7.15. The van der Waals surface area contributed by atoms with Gasteiger partial charge in [-0.05, 0) is 24.6 Å². The first-order chi connectivity index (χ1) is 13.6. The summed E-state index contributed by atoms with van der Waals surface area (Å²) in [5.74, 6) is -1.92. The Balaban J connectivity index is 1.98. The van der Waals surface area contributed by atoms with Gasteiger partial charge in [-0.3, -0.25) is 14.5 Å². The van der Waals surface area contributed by atoms with Gasteiger partial charge in [0.2, 0.25) is 21.8 Å². The summed E-state index contributed by atoms with van der Waals surface area (Å²) in [5, 5.41) is 2.74. The Morgan fingerprint density at radius 2 is 1.76 bits per heavy atom. The molecule has 9 heteroatoms. The fourth-order valence-electron chi connectivity index (χ4n) is 3.38. The molecule has 0 aromatic heterocycles. The zero-order chi connectivity index (χ0) is 21.2. The maximum absolute atomic E-state index is 14.5. The van der Waals surface area contributed by atoms with Crippen LogP contribution in [0.5, 0.6) is 0 Å². The zero-order valence-electron chi connectivity index (χ0n) is 16.1. The first kappa shape index (κ1) is 20.9. The van der Waals surface area contributed by atoms with Crippen LogP contribution in [0.15, 0.2) is 54.6 Å². The highest BCUT2D eigenvalue weighted by molar-refractivity contribution is 7.88. The molecule has 0 bridgehead atoms. The fraction of sp³-hybridized carbons (Fsp3) is 0.300. The second kappa shape index (κ2) is 7.92. The summed E-state index contributed by atoms with van der Waals surface area (Å²) in [5.41, 5.74) is -0.859. The van der Waals surface area contributed by atoms with Crippen LogP contribution in [-0.2, 0) is 26.2 Å². The summed E-state index contributed by atoms with van der Waals surface area (Å²) in [7, 11) is -3.73. The van der Waals surface area contributed by atoms with Gasteiger partial charge in [-0.1, -0.05) is 42.5 Å². The number of nitrogens with zero attached hydrogens (tertiary/aromatic N) is 2. The van der Waals surface area contributed by atoms with Crippen LogP contribution in [0.3, 0.4) is 0 Å². The molecular formula is C20H22FN3O4S. The first-order valence-corrected chi connectivity index (χ1v) is 10.8. The van der Waals surface area contributed by atoms with Crippen LogP contribution in [0.4, 0.5) is 10.1 Å². The van der Waals surface area contributed by atoms with Gasteiger partial charge in [-0.2, -0.15) is 4.31 Å². The van der Waals surface area contributed by atoms with E-state index in [1.807, 2.05) is 30.3 Å². The van der Waals surface area contributed by atoms with Crippen LogP contribution in [0, 0.1) is 5.82 Å². The van der Waals surface area contributed by atoms with Crippen molar-refractivity contribution in [3.05, 3.63) is 66.0 Å². The van der Waals surface area contributed by atoms with Gasteiger partial charge in [0.1, 0.15) is 11.4 Å². The van der Waals surface area contributed by atoms with Gasteiger partial charge in [0.25, 0.3) is 0 Å². The number of hydrogen-bond donors (Lipinski definition) is 1. The topological polar surface area (TPSA) is 86.8 Å². The summed E-state index contributed by atoms with van der Waals surface area (Å²) in [4.78, 5) is 27.1. The zero-order valence-corrected chi connectivity index (χ0v) is 16.9. The average molecular weight is 419 g/mol. The van der Waals surface area contributed by atoms with Crippen molar-refractivity contribution < 1.29 is 22.4 Å². The highest BCUT2D eigenvalue weighted by Crippen LogP contribution is 2.32. The predicted octanol–water partition coefficient (Wildman–Crippen LogP) is 1.51. The van der Waals surface area contributed by atoms with Crippen LogP contribution in [0.1, 0.15) is 12.5 Å². The lowest BCUT2D eigenvalue weighted by atomic mass is 9.94. The molecule has 3 rings (SSSR count). The van der Waals surface area contributed by atoms with Gasteiger partial charge in [0.05, 0.1) is 18.5 Å². The number of anilines is 1.